The minimum Gasteiger partial charge on any atom is -0.197 e. The SMILES string of the molecule is Cc1ccc(SC2(C#N)CC(c3ccccc3)C2)cc1. The first-order chi connectivity index (χ1) is 9.71. The minimum absolute atomic E-state index is 0.240. The fourth-order valence-electron chi connectivity index (χ4n) is 2.73. The summed E-state index contributed by atoms with van der Waals surface area (Å²) in [5.74, 6) is 0.536. The van der Waals surface area contributed by atoms with Gasteiger partial charge in [0.15, 0.2) is 0 Å². The van der Waals surface area contributed by atoms with E-state index in [1.54, 1.807) is 11.8 Å². The molecule has 1 aliphatic rings. The predicted molar refractivity (Wildman–Crippen MR) is 83.8 cm³/mol. The van der Waals surface area contributed by atoms with Gasteiger partial charge in [-0.2, -0.15) is 5.26 Å². The number of aryl methyl sites for hydroxylation is 1. The molecule has 100 valence electrons. The molecule has 0 N–H and O–H groups in total. The number of benzene rings is 2. The first-order valence-corrected chi connectivity index (χ1v) is 7.74. The van der Waals surface area contributed by atoms with Crippen molar-refractivity contribution in [3.05, 3.63) is 65.7 Å². The van der Waals surface area contributed by atoms with Crippen LogP contribution < -0.4 is 0 Å². The molecule has 2 heteroatoms. The summed E-state index contributed by atoms with van der Waals surface area (Å²) in [7, 11) is 0. The van der Waals surface area contributed by atoms with Crippen LogP contribution in [0.25, 0.3) is 0 Å². The van der Waals surface area contributed by atoms with Gasteiger partial charge in [0, 0.05) is 4.90 Å². The molecule has 0 unspecified atom stereocenters. The first kappa shape index (κ1) is 13.3. The summed E-state index contributed by atoms with van der Waals surface area (Å²) in [6, 6.07) is 21.5. The molecule has 0 saturated heterocycles. The van der Waals surface area contributed by atoms with Gasteiger partial charge in [-0.05, 0) is 43.4 Å². The van der Waals surface area contributed by atoms with Crippen molar-refractivity contribution >= 4 is 11.8 Å². The molecule has 0 amide bonds. The Hall–Kier alpha value is -1.72. The summed E-state index contributed by atoms with van der Waals surface area (Å²) in [5.41, 5.74) is 2.62. The Bertz CT molecular complexity index is 619. The average molecular weight is 279 g/mol. The molecule has 0 atom stereocenters. The Morgan fingerprint density at radius 2 is 1.70 bits per heavy atom. The molecule has 3 rings (SSSR count). The Morgan fingerprint density at radius 3 is 2.30 bits per heavy atom. The van der Waals surface area contributed by atoms with Crippen LogP contribution in [0.2, 0.25) is 0 Å². The fourth-order valence-corrected chi connectivity index (χ4v) is 4.06. The molecule has 0 radical (unpaired) electrons. The molecule has 1 nitrogen and oxygen atoms in total. The lowest BCUT2D eigenvalue weighted by Gasteiger charge is -2.42. The van der Waals surface area contributed by atoms with Crippen molar-refractivity contribution in [1.82, 2.24) is 0 Å². The number of nitrogens with zero attached hydrogens (tertiary/aromatic N) is 1. The Labute approximate surface area is 124 Å². The number of rotatable bonds is 3. The van der Waals surface area contributed by atoms with Gasteiger partial charge >= 0.3 is 0 Å². The van der Waals surface area contributed by atoms with Crippen molar-refractivity contribution in [3.8, 4) is 6.07 Å². The first-order valence-electron chi connectivity index (χ1n) is 6.93. The lowest BCUT2D eigenvalue weighted by molar-refractivity contribution is 0.368. The molecule has 20 heavy (non-hydrogen) atoms. The summed E-state index contributed by atoms with van der Waals surface area (Å²) < 4.78 is -0.240. The second-order valence-corrected chi connectivity index (χ2v) is 6.99. The van der Waals surface area contributed by atoms with Crippen LogP contribution in [0.5, 0.6) is 0 Å². The molecular weight excluding hydrogens is 262 g/mol. The van der Waals surface area contributed by atoms with E-state index >= 15 is 0 Å². The predicted octanol–water partition coefficient (Wildman–Crippen LogP) is 4.93. The van der Waals surface area contributed by atoms with Gasteiger partial charge in [-0.1, -0.05) is 48.0 Å². The van der Waals surface area contributed by atoms with Gasteiger partial charge in [-0.25, -0.2) is 0 Å². The highest BCUT2D eigenvalue weighted by atomic mass is 32.2. The van der Waals surface area contributed by atoms with Crippen molar-refractivity contribution in [3.63, 3.8) is 0 Å². The second-order valence-electron chi connectivity index (χ2n) is 5.54. The maximum absolute atomic E-state index is 9.55. The zero-order valence-corrected chi connectivity index (χ0v) is 12.4. The lowest BCUT2D eigenvalue weighted by Crippen LogP contribution is -2.38. The van der Waals surface area contributed by atoms with Gasteiger partial charge in [-0.3, -0.25) is 0 Å². The maximum atomic E-state index is 9.55. The highest BCUT2D eigenvalue weighted by Gasteiger charge is 2.46. The molecule has 0 heterocycles. The van der Waals surface area contributed by atoms with E-state index in [1.165, 1.54) is 16.0 Å². The summed E-state index contributed by atoms with van der Waals surface area (Å²) in [6.45, 7) is 2.09. The van der Waals surface area contributed by atoms with Crippen LogP contribution in [0.1, 0.15) is 29.9 Å². The highest BCUT2D eigenvalue weighted by Crippen LogP contribution is 2.54. The van der Waals surface area contributed by atoms with Crippen LogP contribution in [0.4, 0.5) is 0 Å². The summed E-state index contributed by atoms with van der Waals surface area (Å²) in [6.07, 6.45) is 1.90. The zero-order valence-electron chi connectivity index (χ0n) is 11.5. The number of nitriles is 1. The van der Waals surface area contributed by atoms with E-state index in [0.29, 0.717) is 5.92 Å². The lowest BCUT2D eigenvalue weighted by atomic mass is 9.71. The molecule has 1 saturated carbocycles. The molecule has 0 aliphatic heterocycles. The van der Waals surface area contributed by atoms with Crippen LogP contribution in [-0.4, -0.2) is 4.75 Å². The van der Waals surface area contributed by atoms with Crippen LogP contribution in [0.15, 0.2) is 59.5 Å². The van der Waals surface area contributed by atoms with E-state index in [1.807, 2.05) is 6.07 Å². The molecule has 0 bridgehead atoms. The summed E-state index contributed by atoms with van der Waals surface area (Å²) in [5, 5.41) is 9.55. The van der Waals surface area contributed by atoms with Crippen LogP contribution in [0, 0.1) is 18.3 Å². The normalized spacial score (nSPS) is 24.7. The molecule has 2 aromatic carbocycles. The monoisotopic (exact) mass is 279 g/mol. The van der Waals surface area contributed by atoms with Crippen molar-refractivity contribution < 1.29 is 0 Å². The Kier molecular flexibility index (Phi) is 3.54. The molecule has 0 aromatic heterocycles. The zero-order chi connectivity index (χ0) is 14.0. The second kappa shape index (κ2) is 5.34. The smallest absolute Gasteiger partial charge is 0.108 e. The standard InChI is InChI=1S/C18H17NS/c1-14-7-9-17(10-8-14)20-18(13-19)11-16(12-18)15-5-3-2-4-6-15/h2-10,16H,11-12H2,1H3. The van der Waals surface area contributed by atoms with E-state index in [0.717, 1.165) is 12.8 Å². The van der Waals surface area contributed by atoms with E-state index in [4.69, 9.17) is 0 Å². The maximum Gasteiger partial charge on any atom is 0.108 e. The third-order valence-corrected chi connectivity index (χ3v) is 5.28. The molecule has 2 aromatic rings. The van der Waals surface area contributed by atoms with Crippen molar-refractivity contribution in [1.29, 1.82) is 5.26 Å². The third kappa shape index (κ3) is 2.59. The Balaban J connectivity index is 1.70. The topological polar surface area (TPSA) is 23.8 Å². The van der Waals surface area contributed by atoms with E-state index in [9.17, 15) is 5.26 Å². The number of hydrogen-bond donors (Lipinski definition) is 0. The largest absolute Gasteiger partial charge is 0.197 e. The average Bonchev–Trinajstić information content (AvgIpc) is 2.45. The van der Waals surface area contributed by atoms with E-state index in [2.05, 4.69) is 61.5 Å². The molecule has 1 aliphatic carbocycles. The van der Waals surface area contributed by atoms with Gasteiger partial charge in [0.05, 0.1) is 6.07 Å². The van der Waals surface area contributed by atoms with Crippen molar-refractivity contribution in [2.45, 2.75) is 35.3 Å². The van der Waals surface area contributed by atoms with Gasteiger partial charge in [0.2, 0.25) is 0 Å². The van der Waals surface area contributed by atoms with Gasteiger partial charge in [0.25, 0.3) is 0 Å². The number of thioether (sulfide) groups is 1. The van der Waals surface area contributed by atoms with E-state index < -0.39 is 0 Å². The molecule has 1 fully saturated rings. The third-order valence-electron chi connectivity index (χ3n) is 3.96. The van der Waals surface area contributed by atoms with Crippen LogP contribution in [0.3, 0.4) is 0 Å². The van der Waals surface area contributed by atoms with E-state index in [-0.39, 0.29) is 4.75 Å². The van der Waals surface area contributed by atoms with Crippen LogP contribution in [-0.2, 0) is 0 Å². The quantitative estimate of drug-likeness (QED) is 0.795. The summed E-state index contributed by atoms with van der Waals surface area (Å²) >= 11 is 1.72. The molecule has 0 spiro atoms. The van der Waals surface area contributed by atoms with Crippen LogP contribution >= 0.6 is 11.8 Å². The van der Waals surface area contributed by atoms with Gasteiger partial charge in [0.1, 0.15) is 4.75 Å². The van der Waals surface area contributed by atoms with Gasteiger partial charge in [-0.15, -0.1) is 11.8 Å². The highest BCUT2D eigenvalue weighted by molar-refractivity contribution is 8.01. The van der Waals surface area contributed by atoms with Crippen molar-refractivity contribution in [2.24, 2.45) is 0 Å². The Morgan fingerprint density at radius 1 is 1.05 bits per heavy atom. The summed E-state index contributed by atoms with van der Waals surface area (Å²) in [4.78, 5) is 1.20. The molecular formula is C18H17NS. The minimum atomic E-state index is -0.240. The fraction of sp³-hybridized carbons (Fsp3) is 0.278. The number of hydrogen-bond acceptors (Lipinski definition) is 2. The van der Waals surface area contributed by atoms with Gasteiger partial charge < -0.3 is 0 Å². The van der Waals surface area contributed by atoms with Crippen molar-refractivity contribution in [2.75, 3.05) is 0 Å².